The molecule has 0 fully saturated rings. The van der Waals surface area contributed by atoms with E-state index in [9.17, 15) is 4.79 Å². The smallest absolute Gasteiger partial charge is 0.230 e. The third kappa shape index (κ3) is 5.04. The zero-order chi connectivity index (χ0) is 7.98. The van der Waals surface area contributed by atoms with Crippen molar-refractivity contribution in [1.29, 1.82) is 0 Å². The molecule has 0 saturated heterocycles. The maximum absolute atomic E-state index is 10.3. The fourth-order valence-electron chi connectivity index (χ4n) is 0.342. The van der Waals surface area contributed by atoms with E-state index in [0.717, 1.165) is 5.71 Å². The molecule has 0 unspecified atom stereocenters. The van der Waals surface area contributed by atoms with Crippen molar-refractivity contribution in [2.24, 2.45) is 10.9 Å². The first-order valence-electron chi connectivity index (χ1n) is 2.89. The van der Waals surface area contributed by atoms with E-state index < -0.39 is 0 Å². The van der Waals surface area contributed by atoms with Crippen LogP contribution in [0.4, 0.5) is 0 Å². The number of hydrazone groups is 1. The molecule has 0 heterocycles. The molecule has 0 atom stereocenters. The quantitative estimate of drug-likeness (QED) is 0.269. The predicted octanol–water partition coefficient (Wildman–Crippen LogP) is -1.04. The fraction of sp³-hybridized carbons (Fsp3) is 0.600. The van der Waals surface area contributed by atoms with Gasteiger partial charge >= 0.3 is 0 Å². The highest BCUT2D eigenvalue weighted by Gasteiger charge is 1.90. The Labute approximate surface area is 59.6 Å². The minimum atomic E-state index is -0.134. The zero-order valence-corrected chi connectivity index (χ0v) is 6.14. The van der Waals surface area contributed by atoms with Gasteiger partial charge in [0.05, 0.1) is 12.3 Å². The molecule has 4 N–H and O–H groups in total. The van der Waals surface area contributed by atoms with Crippen molar-refractivity contribution in [2.45, 2.75) is 13.8 Å². The molecule has 10 heavy (non-hydrogen) atoms. The number of rotatable bonds is 3. The molecular weight excluding hydrogens is 132 g/mol. The molecule has 0 aromatic carbocycles. The standard InChI is InChI=1S/C5H12N4O/c1-4(8-6)3-7-9-5(2)10/h7H,3,6H2,1-2H3,(H,9,10). The summed E-state index contributed by atoms with van der Waals surface area (Å²) in [6.45, 7) is 3.65. The fourth-order valence-corrected chi connectivity index (χ4v) is 0.342. The largest absolute Gasteiger partial charge is 0.323 e. The average molecular weight is 144 g/mol. The molecule has 5 nitrogen and oxygen atoms in total. The summed E-state index contributed by atoms with van der Waals surface area (Å²) in [7, 11) is 0. The van der Waals surface area contributed by atoms with Crippen molar-refractivity contribution < 1.29 is 4.79 Å². The van der Waals surface area contributed by atoms with Crippen LogP contribution in [0.25, 0.3) is 0 Å². The first-order chi connectivity index (χ1) is 4.66. The maximum Gasteiger partial charge on any atom is 0.230 e. The van der Waals surface area contributed by atoms with E-state index in [2.05, 4.69) is 16.0 Å². The lowest BCUT2D eigenvalue weighted by Gasteiger charge is -2.01. The van der Waals surface area contributed by atoms with Gasteiger partial charge in [0.15, 0.2) is 0 Å². The Morgan fingerprint density at radius 3 is 2.60 bits per heavy atom. The van der Waals surface area contributed by atoms with Crippen LogP contribution in [0.2, 0.25) is 0 Å². The number of nitrogens with two attached hydrogens (primary N) is 1. The van der Waals surface area contributed by atoms with Crippen LogP contribution < -0.4 is 16.7 Å². The molecule has 0 spiro atoms. The molecule has 1 amide bonds. The highest BCUT2D eigenvalue weighted by Crippen LogP contribution is 1.66. The van der Waals surface area contributed by atoms with E-state index in [1.165, 1.54) is 6.92 Å². The highest BCUT2D eigenvalue weighted by molar-refractivity contribution is 5.83. The maximum atomic E-state index is 10.3. The normalized spacial score (nSPS) is 11.2. The number of hydrazine groups is 1. The van der Waals surface area contributed by atoms with Crippen LogP contribution in [0, 0.1) is 0 Å². The summed E-state index contributed by atoms with van der Waals surface area (Å²) in [4.78, 5) is 10.3. The summed E-state index contributed by atoms with van der Waals surface area (Å²) in [5.41, 5.74) is 5.74. The first-order valence-corrected chi connectivity index (χ1v) is 2.89. The van der Waals surface area contributed by atoms with Crippen molar-refractivity contribution in [3.8, 4) is 0 Å². The molecule has 0 rings (SSSR count). The number of carbonyl (C=O) groups is 1. The predicted molar refractivity (Wildman–Crippen MR) is 39.1 cm³/mol. The van der Waals surface area contributed by atoms with Gasteiger partial charge in [-0.15, -0.1) is 0 Å². The average Bonchev–Trinajstić information content (AvgIpc) is 1.87. The number of carbonyl (C=O) groups excluding carboxylic acids is 1. The molecule has 0 saturated carbocycles. The van der Waals surface area contributed by atoms with Gasteiger partial charge in [0.1, 0.15) is 0 Å². The van der Waals surface area contributed by atoms with Crippen molar-refractivity contribution in [1.82, 2.24) is 10.9 Å². The summed E-state index contributed by atoms with van der Waals surface area (Å²) in [5.74, 6) is 4.79. The third-order valence-electron chi connectivity index (χ3n) is 0.829. The second-order valence-corrected chi connectivity index (χ2v) is 1.90. The zero-order valence-electron chi connectivity index (χ0n) is 6.14. The van der Waals surface area contributed by atoms with Crippen LogP contribution in [0.3, 0.4) is 0 Å². The number of hydrogen-bond acceptors (Lipinski definition) is 4. The van der Waals surface area contributed by atoms with Crippen LogP contribution in [-0.4, -0.2) is 18.2 Å². The van der Waals surface area contributed by atoms with Crippen molar-refractivity contribution >= 4 is 11.6 Å². The summed E-state index contributed by atoms with van der Waals surface area (Å²) >= 11 is 0. The molecule has 0 aliphatic rings. The molecule has 5 heteroatoms. The van der Waals surface area contributed by atoms with Crippen molar-refractivity contribution in [3.05, 3.63) is 0 Å². The van der Waals surface area contributed by atoms with E-state index in [1.54, 1.807) is 6.92 Å². The second-order valence-electron chi connectivity index (χ2n) is 1.90. The van der Waals surface area contributed by atoms with Gasteiger partial charge in [-0.2, -0.15) is 5.10 Å². The Kier molecular flexibility index (Phi) is 4.23. The van der Waals surface area contributed by atoms with Gasteiger partial charge in [0, 0.05) is 6.92 Å². The number of hydrogen-bond donors (Lipinski definition) is 3. The van der Waals surface area contributed by atoms with Gasteiger partial charge < -0.3 is 5.84 Å². The lowest BCUT2D eigenvalue weighted by molar-refractivity contribution is -0.119. The van der Waals surface area contributed by atoms with Crippen LogP contribution >= 0.6 is 0 Å². The molecular formula is C5H12N4O. The highest BCUT2D eigenvalue weighted by atomic mass is 16.2. The number of amides is 1. The Hall–Kier alpha value is -1.10. The van der Waals surface area contributed by atoms with Gasteiger partial charge in [-0.1, -0.05) is 0 Å². The lowest BCUT2D eigenvalue weighted by atomic mass is 10.4. The molecule has 0 aliphatic carbocycles. The van der Waals surface area contributed by atoms with Gasteiger partial charge in [-0.3, -0.25) is 10.2 Å². The second kappa shape index (κ2) is 4.75. The summed E-state index contributed by atoms with van der Waals surface area (Å²) in [5, 5.41) is 3.39. The van der Waals surface area contributed by atoms with Gasteiger partial charge in [-0.25, -0.2) is 5.43 Å². The van der Waals surface area contributed by atoms with Gasteiger partial charge in [0.25, 0.3) is 0 Å². The molecule has 0 aromatic heterocycles. The lowest BCUT2D eigenvalue weighted by Crippen LogP contribution is -2.38. The van der Waals surface area contributed by atoms with E-state index in [4.69, 9.17) is 5.84 Å². The van der Waals surface area contributed by atoms with Gasteiger partial charge in [0.2, 0.25) is 5.91 Å². The monoisotopic (exact) mass is 144 g/mol. The van der Waals surface area contributed by atoms with E-state index >= 15 is 0 Å². The topological polar surface area (TPSA) is 79.5 Å². The van der Waals surface area contributed by atoms with Crippen LogP contribution in [0.5, 0.6) is 0 Å². The SMILES string of the molecule is CC(=O)NNCC(C)=NN. The minimum Gasteiger partial charge on any atom is -0.323 e. The molecule has 0 radical (unpaired) electrons. The molecule has 58 valence electrons. The molecule has 0 bridgehead atoms. The summed E-state index contributed by atoms with van der Waals surface area (Å²) in [6, 6.07) is 0. The Balaban J connectivity index is 3.29. The van der Waals surface area contributed by atoms with E-state index in [0.29, 0.717) is 6.54 Å². The van der Waals surface area contributed by atoms with Crippen LogP contribution in [-0.2, 0) is 4.79 Å². The van der Waals surface area contributed by atoms with Crippen molar-refractivity contribution in [2.75, 3.05) is 6.54 Å². The Morgan fingerprint density at radius 1 is 1.60 bits per heavy atom. The third-order valence-corrected chi connectivity index (χ3v) is 0.829. The first kappa shape index (κ1) is 8.90. The minimum absolute atomic E-state index is 0.134. The summed E-state index contributed by atoms with van der Waals surface area (Å²) < 4.78 is 0. The van der Waals surface area contributed by atoms with E-state index in [1.807, 2.05) is 0 Å². The van der Waals surface area contributed by atoms with E-state index in [-0.39, 0.29) is 5.91 Å². The molecule has 0 aromatic rings. The van der Waals surface area contributed by atoms with Crippen molar-refractivity contribution in [3.63, 3.8) is 0 Å². The number of nitrogens with one attached hydrogen (secondary N) is 2. The van der Waals surface area contributed by atoms with Gasteiger partial charge in [-0.05, 0) is 6.92 Å². The van der Waals surface area contributed by atoms with Crippen LogP contribution in [0.15, 0.2) is 5.10 Å². The summed E-state index contributed by atoms with van der Waals surface area (Å²) in [6.07, 6.45) is 0. The Bertz CT molecular complexity index is 143. The molecule has 0 aliphatic heterocycles. The van der Waals surface area contributed by atoms with Crippen LogP contribution in [0.1, 0.15) is 13.8 Å². The Morgan fingerprint density at radius 2 is 2.20 bits per heavy atom. The number of nitrogens with zero attached hydrogens (tertiary/aromatic N) is 1.